The molecule has 0 saturated heterocycles. The van der Waals surface area contributed by atoms with Crippen LogP contribution in [0.3, 0.4) is 0 Å². The number of hydrogen-bond donors (Lipinski definition) is 2. The molecule has 258 valence electrons. The van der Waals surface area contributed by atoms with E-state index in [1.165, 1.54) is 17.9 Å². The molecule has 2 amide bonds. The lowest BCUT2D eigenvalue weighted by Gasteiger charge is -2.19. The predicted octanol–water partition coefficient (Wildman–Crippen LogP) is 5.62. The van der Waals surface area contributed by atoms with Crippen molar-refractivity contribution in [2.45, 2.75) is 37.6 Å². The van der Waals surface area contributed by atoms with Gasteiger partial charge in [-0.25, -0.2) is 9.59 Å². The Hall–Kier alpha value is -6.30. The molecule has 2 aromatic heterocycles. The van der Waals surface area contributed by atoms with Crippen LogP contribution in [0, 0.1) is 0 Å². The number of carbonyl (C=O) groups is 3. The summed E-state index contributed by atoms with van der Waals surface area (Å²) in [6.45, 7) is 0.426. The number of hydrogen-bond acceptors (Lipinski definition) is 9. The van der Waals surface area contributed by atoms with Crippen molar-refractivity contribution < 1.29 is 28.3 Å². The molecule has 12 heteroatoms. The highest BCUT2D eigenvalue weighted by atomic mass is 16.5. The zero-order valence-corrected chi connectivity index (χ0v) is 27.8. The number of para-hydroxylation sites is 1. The van der Waals surface area contributed by atoms with Crippen molar-refractivity contribution >= 4 is 39.9 Å². The van der Waals surface area contributed by atoms with Crippen molar-refractivity contribution in [3.8, 4) is 16.9 Å². The van der Waals surface area contributed by atoms with E-state index in [0.29, 0.717) is 52.7 Å². The first-order chi connectivity index (χ1) is 24.9. The van der Waals surface area contributed by atoms with E-state index in [2.05, 4.69) is 33.1 Å². The minimum Gasteiger partial charge on any atom is -0.497 e. The maximum absolute atomic E-state index is 13.8. The van der Waals surface area contributed by atoms with Gasteiger partial charge in [0.15, 0.2) is 0 Å². The van der Waals surface area contributed by atoms with Crippen LogP contribution >= 0.6 is 0 Å². The van der Waals surface area contributed by atoms with Crippen molar-refractivity contribution in [3.05, 3.63) is 124 Å². The van der Waals surface area contributed by atoms with Gasteiger partial charge in [0.1, 0.15) is 29.5 Å². The number of amides is 2. The molecule has 1 aliphatic rings. The third kappa shape index (κ3) is 7.07. The molecule has 7 rings (SSSR count). The second-order valence-electron chi connectivity index (χ2n) is 12.3. The number of alkyl carbamates (subject to hydrolysis) is 1. The van der Waals surface area contributed by atoms with Crippen molar-refractivity contribution in [1.82, 2.24) is 25.6 Å². The monoisotopic (exact) mass is 685 g/mol. The summed E-state index contributed by atoms with van der Waals surface area (Å²) in [5.41, 5.74) is 5.79. The molecule has 51 heavy (non-hydrogen) atoms. The van der Waals surface area contributed by atoms with Crippen LogP contribution in [0.4, 0.5) is 4.79 Å². The Bertz CT molecular complexity index is 2270. The SMILES string of the molecule is COc1ccc2c(CC(=O)NCCCC[C@H](NC(=O)OCC3c4ccccc4-c4ccccc43)C(=O)n3nnc4ccccc43)cc(=O)oc2c1. The predicted molar refractivity (Wildman–Crippen MR) is 190 cm³/mol. The summed E-state index contributed by atoms with van der Waals surface area (Å²) in [5.74, 6) is -0.315. The molecule has 0 unspecified atom stereocenters. The summed E-state index contributed by atoms with van der Waals surface area (Å²) in [5, 5.41) is 14.5. The first-order valence-corrected chi connectivity index (χ1v) is 16.7. The lowest BCUT2D eigenvalue weighted by molar-refractivity contribution is -0.120. The Morgan fingerprint density at radius 1 is 0.902 bits per heavy atom. The summed E-state index contributed by atoms with van der Waals surface area (Å²) >= 11 is 0. The lowest BCUT2D eigenvalue weighted by Crippen LogP contribution is -2.44. The number of ether oxygens (including phenoxy) is 2. The summed E-state index contributed by atoms with van der Waals surface area (Å²) < 4.78 is 17.4. The zero-order chi connectivity index (χ0) is 35.3. The number of carbonyl (C=O) groups excluding carboxylic acids is 3. The summed E-state index contributed by atoms with van der Waals surface area (Å²) in [6.07, 6.45) is 0.543. The summed E-state index contributed by atoms with van der Waals surface area (Å²) in [7, 11) is 1.52. The molecule has 1 aliphatic carbocycles. The van der Waals surface area contributed by atoms with Crippen LogP contribution < -0.4 is 21.0 Å². The van der Waals surface area contributed by atoms with Gasteiger partial charge in [-0.1, -0.05) is 65.9 Å². The quantitative estimate of drug-likeness (QED) is 0.123. The average Bonchev–Trinajstić information content (AvgIpc) is 3.72. The van der Waals surface area contributed by atoms with E-state index in [0.717, 1.165) is 22.3 Å². The Kier molecular flexibility index (Phi) is 9.55. The Balaban J connectivity index is 0.981. The van der Waals surface area contributed by atoms with Crippen LogP contribution in [-0.4, -0.2) is 59.2 Å². The van der Waals surface area contributed by atoms with E-state index in [1.807, 2.05) is 36.4 Å². The third-order valence-corrected chi connectivity index (χ3v) is 9.12. The lowest BCUT2D eigenvalue weighted by atomic mass is 9.98. The molecule has 4 aromatic carbocycles. The van der Waals surface area contributed by atoms with Crippen molar-refractivity contribution in [3.63, 3.8) is 0 Å². The number of fused-ring (bicyclic) bond motifs is 5. The molecule has 0 bridgehead atoms. The Morgan fingerprint density at radius 3 is 2.39 bits per heavy atom. The summed E-state index contributed by atoms with van der Waals surface area (Å²) in [6, 6.07) is 28.6. The van der Waals surface area contributed by atoms with E-state index >= 15 is 0 Å². The molecule has 0 aliphatic heterocycles. The van der Waals surface area contributed by atoms with Gasteiger partial charge in [-0.05, 0) is 71.3 Å². The molecule has 0 fully saturated rings. The second kappa shape index (κ2) is 14.7. The number of benzene rings is 4. The molecule has 6 aromatic rings. The fourth-order valence-corrected chi connectivity index (χ4v) is 6.64. The van der Waals surface area contributed by atoms with Gasteiger partial charge >= 0.3 is 11.7 Å². The number of rotatable bonds is 12. The maximum Gasteiger partial charge on any atom is 0.407 e. The first kappa shape index (κ1) is 33.2. The number of nitrogens with zero attached hydrogens (tertiary/aromatic N) is 3. The minimum absolute atomic E-state index is 0.0156. The van der Waals surface area contributed by atoms with Crippen LogP contribution in [0.25, 0.3) is 33.1 Å². The summed E-state index contributed by atoms with van der Waals surface area (Å²) in [4.78, 5) is 52.0. The molecule has 0 radical (unpaired) electrons. The molecule has 1 atom stereocenters. The van der Waals surface area contributed by atoms with Gasteiger partial charge in [-0.2, -0.15) is 4.68 Å². The van der Waals surface area contributed by atoms with Crippen molar-refractivity contribution in [1.29, 1.82) is 0 Å². The van der Waals surface area contributed by atoms with Gasteiger partial charge in [0.25, 0.3) is 5.91 Å². The first-order valence-electron chi connectivity index (χ1n) is 16.7. The maximum atomic E-state index is 13.8. The number of unbranched alkanes of at least 4 members (excludes halogenated alkanes) is 1. The van der Waals surface area contributed by atoms with Gasteiger partial charge in [-0.15, -0.1) is 5.10 Å². The largest absolute Gasteiger partial charge is 0.497 e. The third-order valence-electron chi connectivity index (χ3n) is 9.12. The fraction of sp³-hybridized carbons (Fsp3) is 0.231. The van der Waals surface area contributed by atoms with Crippen molar-refractivity contribution in [2.24, 2.45) is 0 Å². The highest BCUT2D eigenvalue weighted by Crippen LogP contribution is 2.44. The van der Waals surface area contributed by atoms with Crippen LogP contribution in [0.2, 0.25) is 0 Å². The molecule has 2 N–H and O–H groups in total. The highest BCUT2D eigenvalue weighted by Gasteiger charge is 2.30. The van der Waals surface area contributed by atoms with Crippen LogP contribution in [0.5, 0.6) is 5.75 Å². The number of aromatic nitrogens is 3. The van der Waals surface area contributed by atoms with Crippen LogP contribution in [0.1, 0.15) is 46.7 Å². The van der Waals surface area contributed by atoms with Crippen molar-refractivity contribution in [2.75, 3.05) is 20.3 Å². The van der Waals surface area contributed by atoms with Crippen LogP contribution in [-0.2, 0) is 16.0 Å². The molecule has 2 heterocycles. The average molecular weight is 686 g/mol. The second-order valence-corrected chi connectivity index (χ2v) is 12.3. The van der Waals surface area contributed by atoms with E-state index < -0.39 is 23.7 Å². The molecular formula is C39H35N5O7. The molecular weight excluding hydrogens is 650 g/mol. The highest BCUT2D eigenvalue weighted by molar-refractivity contribution is 5.93. The zero-order valence-electron chi connectivity index (χ0n) is 27.8. The van der Waals surface area contributed by atoms with Gasteiger partial charge < -0.3 is 24.5 Å². The standard InChI is InChI=1S/C39H35N5O7/c1-49-25-17-18-26-24(21-37(46)51-35(26)22-25)20-36(45)40-19-9-8-15-33(38(47)44-34-16-7-6-14-32(34)42-43-44)41-39(48)50-23-31-29-12-4-2-10-27(29)28-11-3-5-13-30(28)31/h2-7,10-14,16-18,21-22,31,33H,8-9,15,19-20,23H2,1H3,(H,40,45)(H,41,48)/t33-/m0/s1. The smallest absolute Gasteiger partial charge is 0.407 e. The fourth-order valence-electron chi connectivity index (χ4n) is 6.64. The van der Waals surface area contributed by atoms with E-state index in [1.54, 1.807) is 42.5 Å². The minimum atomic E-state index is -0.964. The molecule has 12 nitrogen and oxygen atoms in total. The number of methoxy groups -OCH3 is 1. The Morgan fingerprint density at radius 2 is 1.63 bits per heavy atom. The van der Waals surface area contributed by atoms with E-state index in [9.17, 15) is 19.2 Å². The van der Waals surface area contributed by atoms with Gasteiger partial charge in [0.05, 0.1) is 19.0 Å². The van der Waals surface area contributed by atoms with Gasteiger partial charge in [0.2, 0.25) is 5.91 Å². The van der Waals surface area contributed by atoms with E-state index in [-0.39, 0.29) is 31.3 Å². The van der Waals surface area contributed by atoms with Gasteiger partial charge in [0, 0.05) is 30.0 Å². The number of nitrogens with one attached hydrogen (secondary N) is 2. The Labute approximate surface area is 292 Å². The van der Waals surface area contributed by atoms with Gasteiger partial charge in [-0.3, -0.25) is 9.59 Å². The normalized spacial score (nSPS) is 12.6. The molecule has 0 saturated carbocycles. The molecule has 0 spiro atoms. The van der Waals surface area contributed by atoms with Crippen LogP contribution in [0.15, 0.2) is 106 Å². The van der Waals surface area contributed by atoms with E-state index in [4.69, 9.17) is 13.9 Å². The topological polar surface area (TPSA) is 155 Å².